The van der Waals surface area contributed by atoms with Crippen LogP contribution in [0.1, 0.15) is 26.7 Å². The second kappa shape index (κ2) is 3.53. The van der Waals surface area contributed by atoms with Crippen molar-refractivity contribution in [3.05, 3.63) is 36.0 Å². The second-order valence-electron chi connectivity index (χ2n) is 4.47. The van der Waals surface area contributed by atoms with E-state index in [1.54, 1.807) is 5.57 Å². The molecule has 0 heteroatoms. The van der Waals surface area contributed by atoms with E-state index in [0.29, 0.717) is 5.92 Å². The Bertz CT molecular complexity index is 266. The van der Waals surface area contributed by atoms with Crippen molar-refractivity contribution >= 4 is 0 Å². The molecule has 2 rings (SSSR count). The third-order valence-electron chi connectivity index (χ3n) is 3.13. The molecule has 0 aromatic heterocycles. The van der Waals surface area contributed by atoms with Gasteiger partial charge in [-0.1, -0.05) is 49.8 Å². The Morgan fingerprint density at radius 3 is 2.85 bits per heavy atom. The van der Waals surface area contributed by atoms with Crippen LogP contribution < -0.4 is 0 Å². The lowest BCUT2D eigenvalue weighted by molar-refractivity contribution is 0.525. The van der Waals surface area contributed by atoms with Gasteiger partial charge in [0, 0.05) is 5.92 Å². The van der Waals surface area contributed by atoms with Gasteiger partial charge in [-0.25, -0.2) is 0 Å². The molecule has 0 radical (unpaired) electrons. The highest BCUT2D eigenvalue weighted by molar-refractivity contribution is 5.28. The van der Waals surface area contributed by atoms with Crippen LogP contribution in [0.15, 0.2) is 36.0 Å². The fourth-order valence-corrected chi connectivity index (χ4v) is 2.14. The van der Waals surface area contributed by atoms with Crippen LogP contribution in [0.4, 0.5) is 0 Å². The molecule has 0 aromatic rings. The number of hydrogen-bond donors (Lipinski definition) is 0. The molecule has 70 valence electrons. The number of allylic oxidation sites excluding steroid dienone is 6. The summed E-state index contributed by atoms with van der Waals surface area (Å²) >= 11 is 0. The molecule has 2 atom stereocenters. The molecule has 0 saturated carbocycles. The van der Waals surface area contributed by atoms with Crippen LogP contribution in [0.5, 0.6) is 0 Å². The molecule has 0 nitrogen and oxygen atoms in total. The number of rotatable bonds is 1. The van der Waals surface area contributed by atoms with E-state index in [1.807, 2.05) is 0 Å². The van der Waals surface area contributed by atoms with Crippen molar-refractivity contribution in [2.75, 3.05) is 0 Å². The Morgan fingerprint density at radius 2 is 2.08 bits per heavy atom. The normalized spacial score (nSPS) is 31.8. The molecule has 0 amide bonds. The average Bonchev–Trinajstić information content (AvgIpc) is 2.17. The summed E-state index contributed by atoms with van der Waals surface area (Å²) in [6, 6.07) is 0. The maximum absolute atomic E-state index is 2.48. The Labute approximate surface area is 81.0 Å². The molecule has 0 heterocycles. The lowest BCUT2D eigenvalue weighted by atomic mass is 9.79. The zero-order chi connectivity index (χ0) is 9.26. The van der Waals surface area contributed by atoms with Crippen molar-refractivity contribution in [1.29, 1.82) is 0 Å². The number of hydrogen-bond acceptors (Lipinski definition) is 0. The smallest absolute Gasteiger partial charge is 0.00148 e. The molecule has 0 saturated heterocycles. The molecule has 2 aliphatic carbocycles. The van der Waals surface area contributed by atoms with E-state index in [0.717, 1.165) is 11.8 Å². The van der Waals surface area contributed by atoms with Gasteiger partial charge in [-0.3, -0.25) is 0 Å². The van der Waals surface area contributed by atoms with Gasteiger partial charge in [-0.15, -0.1) is 0 Å². The third-order valence-corrected chi connectivity index (χ3v) is 3.13. The average molecular weight is 174 g/mol. The molecule has 2 unspecified atom stereocenters. The zero-order valence-electron chi connectivity index (χ0n) is 8.53. The highest BCUT2D eigenvalue weighted by Crippen LogP contribution is 2.33. The van der Waals surface area contributed by atoms with E-state index in [-0.39, 0.29) is 0 Å². The first-order valence-corrected chi connectivity index (χ1v) is 5.31. The van der Waals surface area contributed by atoms with Crippen molar-refractivity contribution in [2.24, 2.45) is 17.8 Å². The van der Waals surface area contributed by atoms with Crippen LogP contribution >= 0.6 is 0 Å². The van der Waals surface area contributed by atoms with Crippen LogP contribution in [0, 0.1) is 17.8 Å². The summed E-state index contributed by atoms with van der Waals surface area (Å²) in [7, 11) is 0. The van der Waals surface area contributed by atoms with E-state index in [2.05, 4.69) is 44.2 Å². The standard InChI is InChI=1S/C13H18/c1-10(2)12-8-7-11-5-3-4-6-13(11)9-12/h3-4,7-12H,5-6H2,1-2H3. The molecule has 0 aliphatic heterocycles. The lowest BCUT2D eigenvalue weighted by Gasteiger charge is -2.26. The second-order valence-corrected chi connectivity index (χ2v) is 4.47. The van der Waals surface area contributed by atoms with E-state index in [4.69, 9.17) is 0 Å². The Hall–Kier alpha value is -0.780. The van der Waals surface area contributed by atoms with E-state index < -0.39 is 0 Å². The minimum absolute atomic E-state index is 0.678. The van der Waals surface area contributed by atoms with Gasteiger partial charge >= 0.3 is 0 Å². The molecular formula is C13H18. The van der Waals surface area contributed by atoms with Crippen molar-refractivity contribution in [1.82, 2.24) is 0 Å². The molecule has 0 N–H and O–H groups in total. The molecular weight excluding hydrogens is 156 g/mol. The van der Waals surface area contributed by atoms with Gasteiger partial charge in [0.25, 0.3) is 0 Å². The summed E-state index contributed by atoms with van der Waals surface area (Å²) < 4.78 is 0. The maximum Gasteiger partial charge on any atom is 0.00148 e. The molecule has 0 fully saturated rings. The minimum atomic E-state index is 0.678. The van der Waals surface area contributed by atoms with Crippen molar-refractivity contribution in [3.63, 3.8) is 0 Å². The summed E-state index contributed by atoms with van der Waals surface area (Å²) in [6.07, 6.45) is 14.3. The topological polar surface area (TPSA) is 0 Å². The molecule has 2 aliphatic rings. The van der Waals surface area contributed by atoms with Gasteiger partial charge in [0.15, 0.2) is 0 Å². The van der Waals surface area contributed by atoms with Crippen LogP contribution in [-0.2, 0) is 0 Å². The van der Waals surface area contributed by atoms with E-state index in [9.17, 15) is 0 Å². The predicted molar refractivity (Wildman–Crippen MR) is 57.4 cm³/mol. The largest absolute Gasteiger partial charge is 0.0873 e. The summed E-state index contributed by atoms with van der Waals surface area (Å²) in [5.41, 5.74) is 1.64. The first-order valence-electron chi connectivity index (χ1n) is 5.31. The maximum atomic E-state index is 2.48. The molecule has 0 aromatic carbocycles. The molecule has 0 bridgehead atoms. The fraction of sp³-hybridized carbons (Fsp3) is 0.538. The molecule has 13 heavy (non-hydrogen) atoms. The highest BCUT2D eigenvalue weighted by Gasteiger charge is 2.19. The lowest BCUT2D eigenvalue weighted by Crippen LogP contribution is -2.13. The minimum Gasteiger partial charge on any atom is -0.0873 e. The zero-order valence-corrected chi connectivity index (χ0v) is 8.53. The quantitative estimate of drug-likeness (QED) is 0.531. The van der Waals surface area contributed by atoms with Gasteiger partial charge in [0.1, 0.15) is 0 Å². The van der Waals surface area contributed by atoms with Gasteiger partial charge in [0.05, 0.1) is 0 Å². The van der Waals surface area contributed by atoms with Crippen molar-refractivity contribution in [2.45, 2.75) is 26.7 Å². The Morgan fingerprint density at radius 1 is 1.23 bits per heavy atom. The van der Waals surface area contributed by atoms with E-state index >= 15 is 0 Å². The van der Waals surface area contributed by atoms with Crippen molar-refractivity contribution < 1.29 is 0 Å². The third kappa shape index (κ3) is 1.77. The fourth-order valence-electron chi connectivity index (χ4n) is 2.14. The van der Waals surface area contributed by atoms with Crippen LogP contribution in [0.3, 0.4) is 0 Å². The van der Waals surface area contributed by atoms with E-state index in [1.165, 1.54) is 12.8 Å². The van der Waals surface area contributed by atoms with Gasteiger partial charge < -0.3 is 0 Å². The summed E-state index contributed by atoms with van der Waals surface area (Å²) in [4.78, 5) is 0. The van der Waals surface area contributed by atoms with Crippen molar-refractivity contribution in [3.8, 4) is 0 Å². The Balaban J connectivity index is 2.17. The van der Waals surface area contributed by atoms with Crippen LogP contribution in [0.25, 0.3) is 0 Å². The summed E-state index contributed by atoms with van der Waals surface area (Å²) in [5, 5.41) is 0. The summed E-state index contributed by atoms with van der Waals surface area (Å²) in [6.45, 7) is 4.59. The monoisotopic (exact) mass is 174 g/mol. The SMILES string of the molecule is CC(C)C1C=CC2CC=CCC2=C1. The highest BCUT2D eigenvalue weighted by atomic mass is 14.2. The Kier molecular flexibility index (Phi) is 2.39. The first kappa shape index (κ1) is 8.80. The van der Waals surface area contributed by atoms with Gasteiger partial charge in [-0.05, 0) is 24.7 Å². The number of fused-ring (bicyclic) bond motifs is 1. The molecule has 0 spiro atoms. The van der Waals surface area contributed by atoms with Gasteiger partial charge in [0.2, 0.25) is 0 Å². The van der Waals surface area contributed by atoms with Crippen LogP contribution in [0.2, 0.25) is 0 Å². The van der Waals surface area contributed by atoms with Crippen LogP contribution in [-0.4, -0.2) is 0 Å². The predicted octanol–water partition coefficient (Wildman–Crippen LogP) is 3.72. The summed E-state index contributed by atoms with van der Waals surface area (Å²) in [5.74, 6) is 2.15. The first-order chi connectivity index (χ1) is 6.27. The van der Waals surface area contributed by atoms with Gasteiger partial charge in [-0.2, -0.15) is 0 Å².